The number of H-pyrrole nitrogens is 1. The summed E-state index contributed by atoms with van der Waals surface area (Å²) in [4.78, 5) is 42.2. The van der Waals surface area contributed by atoms with Crippen LogP contribution in [0, 0.1) is 5.82 Å². The first-order valence-corrected chi connectivity index (χ1v) is 15.8. The quantitative estimate of drug-likeness (QED) is 0.224. The fraction of sp³-hybridized carbons (Fsp3) is 0.394. The minimum atomic E-state index is -0.641. The van der Waals surface area contributed by atoms with E-state index in [1.54, 1.807) is 31.9 Å². The summed E-state index contributed by atoms with van der Waals surface area (Å²) in [6.07, 6.45) is 1.81. The number of hydrogen-bond acceptors (Lipinski definition) is 9. The van der Waals surface area contributed by atoms with Crippen LogP contribution in [0.25, 0.3) is 22.8 Å². The van der Waals surface area contributed by atoms with Gasteiger partial charge in [-0.25, -0.2) is 19.2 Å². The number of nitrogens with one attached hydrogen (secondary N) is 2. The SMILES string of the molecule is CCOc1ncccc1-c1ccc(N2CCN(C(=O)c3ccc(F)cc3Cl)C[C@H]2CC)c(-c2nnc(CNC(=O)OC(C)(C)C)[nH]2)n1. The van der Waals surface area contributed by atoms with Crippen molar-refractivity contribution < 1.29 is 23.5 Å². The standard InChI is InChI=1S/C33H38ClFN8O4/c1-6-21-19-42(31(44)22-11-10-20(35)17-24(22)34)15-16-43(21)26-13-12-25(23-9-8-14-36-30(23)46-7-2)38-28(26)29-39-27(40-41-29)18-37-32(45)47-33(3,4)5/h8-14,17,21H,6-7,15-16,18-19H2,1-5H3,(H,37,45)(H,39,40,41)/t21-/m1/s1. The van der Waals surface area contributed by atoms with Gasteiger partial charge < -0.3 is 29.6 Å². The van der Waals surface area contributed by atoms with Gasteiger partial charge in [0.05, 0.1) is 40.7 Å². The summed E-state index contributed by atoms with van der Waals surface area (Å²) < 4.78 is 24.8. The Labute approximate surface area is 277 Å². The van der Waals surface area contributed by atoms with Gasteiger partial charge >= 0.3 is 6.09 Å². The average Bonchev–Trinajstić information content (AvgIpc) is 3.52. The summed E-state index contributed by atoms with van der Waals surface area (Å²) in [6.45, 7) is 11.1. The van der Waals surface area contributed by atoms with Gasteiger partial charge in [0.15, 0.2) is 5.82 Å². The maximum absolute atomic E-state index is 13.7. The molecule has 4 aromatic rings. The molecule has 3 aromatic heterocycles. The largest absolute Gasteiger partial charge is 0.477 e. The topological polar surface area (TPSA) is 138 Å². The van der Waals surface area contributed by atoms with Crippen molar-refractivity contribution in [2.24, 2.45) is 0 Å². The van der Waals surface area contributed by atoms with E-state index in [4.69, 9.17) is 26.1 Å². The van der Waals surface area contributed by atoms with E-state index in [-0.39, 0.29) is 29.1 Å². The molecule has 2 N–H and O–H groups in total. The van der Waals surface area contributed by atoms with Crippen molar-refractivity contribution in [1.82, 2.24) is 35.4 Å². The fourth-order valence-electron chi connectivity index (χ4n) is 5.34. The number of halogens is 2. The number of aromatic amines is 1. The van der Waals surface area contributed by atoms with Gasteiger partial charge in [0.1, 0.15) is 22.9 Å². The highest BCUT2D eigenvalue weighted by molar-refractivity contribution is 6.33. The van der Waals surface area contributed by atoms with E-state index in [1.165, 1.54) is 12.1 Å². The lowest BCUT2D eigenvalue weighted by atomic mass is 10.0. The Morgan fingerprint density at radius 3 is 2.66 bits per heavy atom. The molecule has 0 saturated carbocycles. The van der Waals surface area contributed by atoms with Crippen LogP contribution < -0.4 is 15.0 Å². The number of hydrogen-bond donors (Lipinski definition) is 2. The van der Waals surface area contributed by atoms with Crippen molar-refractivity contribution in [2.45, 2.75) is 59.2 Å². The number of alkyl carbamates (subject to hydrolysis) is 1. The predicted molar refractivity (Wildman–Crippen MR) is 176 cm³/mol. The fourth-order valence-corrected chi connectivity index (χ4v) is 5.59. The van der Waals surface area contributed by atoms with Crippen molar-refractivity contribution >= 4 is 29.3 Å². The molecule has 1 atom stereocenters. The smallest absolute Gasteiger partial charge is 0.408 e. The van der Waals surface area contributed by atoms with Crippen LogP contribution in [-0.4, -0.2) is 79.9 Å². The summed E-state index contributed by atoms with van der Waals surface area (Å²) in [5.41, 5.74) is 2.28. The molecule has 2 amide bonds. The number of aromatic nitrogens is 5. The molecule has 0 spiro atoms. The van der Waals surface area contributed by atoms with Crippen molar-refractivity contribution in [2.75, 3.05) is 31.1 Å². The number of nitrogens with zero attached hydrogens (tertiary/aromatic N) is 6. The summed E-state index contributed by atoms with van der Waals surface area (Å²) in [5.74, 6) is 0.524. The lowest BCUT2D eigenvalue weighted by molar-refractivity contribution is 0.0522. The zero-order chi connectivity index (χ0) is 33.7. The number of benzene rings is 1. The second-order valence-electron chi connectivity index (χ2n) is 12.0. The second kappa shape index (κ2) is 14.3. The van der Waals surface area contributed by atoms with Crippen LogP contribution in [0.5, 0.6) is 5.88 Å². The molecule has 1 fully saturated rings. The highest BCUT2D eigenvalue weighted by Crippen LogP contribution is 2.35. The Bertz CT molecular complexity index is 1740. The number of carbonyl (C=O) groups excluding carboxylic acids is 2. The minimum Gasteiger partial charge on any atom is -0.477 e. The van der Waals surface area contributed by atoms with E-state index >= 15 is 0 Å². The van der Waals surface area contributed by atoms with E-state index in [0.717, 1.165) is 18.2 Å². The van der Waals surface area contributed by atoms with Gasteiger partial charge in [-0.05, 0) is 76.6 Å². The second-order valence-corrected chi connectivity index (χ2v) is 12.4. The van der Waals surface area contributed by atoms with Gasteiger partial charge in [-0.15, -0.1) is 10.2 Å². The van der Waals surface area contributed by atoms with Gasteiger partial charge in [-0.1, -0.05) is 18.5 Å². The van der Waals surface area contributed by atoms with Crippen molar-refractivity contribution in [3.8, 4) is 28.7 Å². The van der Waals surface area contributed by atoms with E-state index in [2.05, 4.69) is 37.3 Å². The Hall–Kier alpha value is -4.78. The molecule has 5 rings (SSSR count). The molecule has 4 heterocycles. The van der Waals surface area contributed by atoms with Crippen molar-refractivity contribution in [3.05, 3.63) is 70.9 Å². The third kappa shape index (κ3) is 7.97. The highest BCUT2D eigenvalue weighted by atomic mass is 35.5. The first-order chi connectivity index (χ1) is 22.5. The molecule has 248 valence electrons. The van der Waals surface area contributed by atoms with Gasteiger partial charge in [0, 0.05) is 31.9 Å². The average molecular weight is 665 g/mol. The van der Waals surface area contributed by atoms with Crippen LogP contribution in [0.15, 0.2) is 48.7 Å². The summed E-state index contributed by atoms with van der Waals surface area (Å²) in [5, 5.41) is 11.4. The van der Waals surface area contributed by atoms with Crippen LogP contribution in [0.3, 0.4) is 0 Å². The van der Waals surface area contributed by atoms with Crippen LogP contribution in [-0.2, 0) is 11.3 Å². The molecule has 1 saturated heterocycles. The zero-order valence-electron chi connectivity index (χ0n) is 27.0. The maximum atomic E-state index is 13.7. The highest BCUT2D eigenvalue weighted by Gasteiger charge is 2.32. The molecule has 0 radical (unpaired) electrons. The molecule has 1 aromatic carbocycles. The number of anilines is 1. The van der Waals surface area contributed by atoms with Gasteiger partial charge in [-0.2, -0.15) is 0 Å². The molecule has 12 nitrogen and oxygen atoms in total. The Kier molecular flexibility index (Phi) is 10.2. The Balaban J connectivity index is 1.47. The van der Waals surface area contributed by atoms with Gasteiger partial charge in [0.2, 0.25) is 5.88 Å². The van der Waals surface area contributed by atoms with Crippen LogP contribution in [0.1, 0.15) is 57.2 Å². The Morgan fingerprint density at radius 1 is 1.13 bits per heavy atom. The van der Waals surface area contributed by atoms with Crippen molar-refractivity contribution in [1.29, 1.82) is 0 Å². The van der Waals surface area contributed by atoms with Crippen LogP contribution >= 0.6 is 11.6 Å². The zero-order valence-corrected chi connectivity index (χ0v) is 27.8. The minimum absolute atomic E-state index is 0.0678. The predicted octanol–water partition coefficient (Wildman–Crippen LogP) is 5.89. The third-order valence-corrected chi connectivity index (χ3v) is 7.78. The molecule has 1 aliphatic heterocycles. The molecule has 0 unspecified atom stereocenters. The van der Waals surface area contributed by atoms with E-state index < -0.39 is 17.5 Å². The maximum Gasteiger partial charge on any atom is 0.408 e. The number of carbonyl (C=O) groups is 2. The lowest BCUT2D eigenvalue weighted by Gasteiger charge is -2.43. The van der Waals surface area contributed by atoms with Crippen LogP contribution in [0.4, 0.5) is 14.9 Å². The normalized spacial score (nSPS) is 15.0. The first kappa shape index (κ1) is 33.6. The monoisotopic (exact) mass is 664 g/mol. The Morgan fingerprint density at radius 2 is 1.94 bits per heavy atom. The number of amides is 2. The number of pyridine rings is 2. The lowest BCUT2D eigenvalue weighted by Crippen LogP contribution is -2.55. The summed E-state index contributed by atoms with van der Waals surface area (Å²) in [7, 11) is 0. The molecule has 0 aliphatic carbocycles. The van der Waals surface area contributed by atoms with Gasteiger partial charge in [0.25, 0.3) is 5.91 Å². The molecule has 47 heavy (non-hydrogen) atoms. The molecular formula is C33H38ClFN8O4. The van der Waals surface area contributed by atoms with Gasteiger partial charge in [-0.3, -0.25) is 4.79 Å². The summed E-state index contributed by atoms with van der Waals surface area (Å²) in [6, 6.07) is 11.3. The molecule has 14 heteroatoms. The summed E-state index contributed by atoms with van der Waals surface area (Å²) >= 11 is 6.23. The number of piperazine rings is 1. The third-order valence-electron chi connectivity index (χ3n) is 7.47. The van der Waals surface area contributed by atoms with E-state index in [9.17, 15) is 14.0 Å². The van der Waals surface area contributed by atoms with E-state index in [1.807, 2.05) is 31.2 Å². The van der Waals surface area contributed by atoms with Crippen molar-refractivity contribution in [3.63, 3.8) is 0 Å². The molecular weight excluding hydrogens is 627 g/mol. The van der Waals surface area contributed by atoms with E-state index in [0.29, 0.717) is 60.7 Å². The number of rotatable bonds is 9. The molecule has 0 bridgehead atoms. The first-order valence-electron chi connectivity index (χ1n) is 15.5. The van der Waals surface area contributed by atoms with Crippen LogP contribution in [0.2, 0.25) is 5.02 Å². The molecule has 1 aliphatic rings. The number of ether oxygens (including phenoxy) is 2.